The number of pyridine rings is 1. The van der Waals surface area contributed by atoms with E-state index in [0.29, 0.717) is 17.5 Å². The summed E-state index contributed by atoms with van der Waals surface area (Å²) in [4.78, 5) is 28.0. The van der Waals surface area contributed by atoms with Crippen molar-refractivity contribution >= 4 is 23.8 Å². The number of aromatic nitrogens is 1. The first-order valence-electron chi connectivity index (χ1n) is 6.20. The fourth-order valence-electron chi connectivity index (χ4n) is 2.06. The van der Waals surface area contributed by atoms with E-state index in [0.717, 1.165) is 12.1 Å². The van der Waals surface area contributed by atoms with Crippen molar-refractivity contribution < 1.29 is 9.53 Å². The Balaban J connectivity index is 2.38. The van der Waals surface area contributed by atoms with Crippen LogP contribution in [0.1, 0.15) is 17.3 Å². The summed E-state index contributed by atoms with van der Waals surface area (Å²) in [6.07, 6.45) is 5.30. The number of carbonyl (C=O) groups excluding carboxylic acids is 1. The molecular formula is C14H15ClN2O3. The highest BCUT2D eigenvalue weighted by atomic mass is 35.5. The second kappa shape index (κ2) is 6.05. The lowest BCUT2D eigenvalue weighted by Gasteiger charge is -2.14. The number of methoxy groups -OCH3 is 1. The zero-order valence-electron chi connectivity index (χ0n) is 11.3. The molecule has 1 aliphatic rings. The number of carbonyl (C=O) groups is 1. The van der Waals surface area contributed by atoms with Crippen molar-refractivity contribution in [1.29, 1.82) is 0 Å². The highest BCUT2D eigenvalue weighted by Gasteiger charge is 2.15. The van der Waals surface area contributed by atoms with Gasteiger partial charge in [0.25, 0.3) is 5.56 Å². The number of hydrogen-bond acceptors (Lipinski definition) is 4. The molecule has 0 aliphatic carbocycles. The van der Waals surface area contributed by atoms with E-state index in [1.807, 2.05) is 0 Å². The fraction of sp³-hybridized carbons (Fsp3) is 0.357. The number of nitrogens with zero attached hydrogens (tertiary/aromatic N) is 2. The Labute approximate surface area is 121 Å². The summed E-state index contributed by atoms with van der Waals surface area (Å²) in [5, 5.41) is 0.311. The highest BCUT2D eigenvalue weighted by molar-refractivity contribution is 6.30. The van der Waals surface area contributed by atoms with Gasteiger partial charge in [-0.15, -0.1) is 0 Å². The number of esters is 1. The summed E-state index contributed by atoms with van der Waals surface area (Å²) in [5.41, 5.74) is 0.430. The zero-order chi connectivity index (χ0) is 14.7. The van der Waals surface area contributed by atoms with Crippen LogP contribution in [-0.2, 0) is 11.3 Å². The predicted octanol–water partition coefficient (Wildman–Crippen LogP) is 1.94. The Morgan fingerprint density at radius 3 is 3.00 bits per heavy atom. The van der Waals surface area contributed by atoms with Crippen LogP contribution in [-0.4, -0.2) is 30.4 Å². The normalized spacial score (nSPS) is 17.8. The van der Waals surface area contributed by atoms with Crippen LogP contribution in [0.15, 0.2) is 33.7 Å². The molecule has 0 N–H and O–H groups in total. The Bertz CT molecular complexity index is 646. The van der Waals surface area contributed by atoms with Gasteiger partial charge in [-0.3, -0.25) is 9.79 Å². The van der Waals surface area contributed by atoms with E-state index in [1.165, 1.54) is 23.9 Å². The van der Waals surface area contributed by atoms with Crippen molar-refractivity contribution in [2.75, 3.05) is 13.7 Å². The second-order valence-electron chi connectivity index (χ2n) is 4.71. The smallest absolute Gasteiger partial charge is 0.343 e. The molecule has 0 spiro atoms. The Morgan fingerprint density at radius 1 is 1.60 bits per heavy atom. The summed E-state index contributed by atoms with van der Waals surface area (Å²) >= 11 is 5.95. The minimum absolute atomic E-state index is 0.0682. The Kier molecular flexibility index (Phi) is 4.39. The van der Waals surface area contributed by atoms with Crippen LogP contribution in [0.4, 0.5) is 0 Å². The molecule has 2 rings (SSSR count). The molecule has 0 saturated heterocycles. The molecule has 1 aliphatic heterocycles. The topological polar surface area (TPSA) is 60.7 Å². The van der Waals surface area contributed by atoms with E-state index in [1.54, 1.807) is 6.21 Å². The van der Waals surface area contributed by atoms with Crippen molar-refractivity contribution in [2.24, 2.45) is 10.9 Å². The minimum Gasteiger partial charge on any atom is -0.465 e. The Morgan fingerprint density at radius 2 is 2.35 bits per heavy atom. The van der Waals surface area contributed by atoms with E-state index in [-0.39, 0.29) is 5.56 Å². The van der Waals surface area contributed by atoms with Gasteiger partial charge in [-0.2, -0.15) is 0 Å². The summed E-state index contributed by atoms with van der Waals surface area (Å²) in [7, 11) is 1.23. The van der Waals surface area contributed by atoms with Gasteiger partial charge in [-0.25, -0.2) is 4.79 Å². The number of aliphatic imine (C=N–C) groups is 1. The third-order valence-corrected chi connectivity index (χ3v) is 3.17. The molecule has 0 amide bonds. The predicted molar refractivity (Wildman–Crippen MR) is 77.7 cm³/mol. The van der Waals surface area contributed by atoms with Crippen LogP contribution >= 0.6 is 11.6 Å². The van der Waals surface area contributed by atoms with E-state index >= 15 is 0 Å². The fourth-order valence-corrected chi connectivity index (χ4v) is 2.29. The van der Waals surface area contributed by atoms with Crippen LogP contribution in [0.2, 0.25) is 5.02 Å². The third kappa shape index (κ3) is 3.17. The van der Waals surface area contributed by atoms with Gasteiger partial charge in [0.15, 0.2) is 0 Å². The molecule has 5 nitrogen and oxygen atoms in total. The standard InChI is InChI=1S/C14H15ClN2O3/c1-9-3-10(6-16-5-9)7-17-8-11(15)4-12(13(17)18)14(19)20-2/h3-4,6,8-9H,5,7H2,1-2H3. The molecule has 0 fully saturated rings. The van der Waals surface area contributed by atoms with Gasteiger partial charge in [-0.05, 0) is 17.6 Å². The lowest BCUT2D eigenvalue weighted by atomic mass is 10.1. The van der Waals surface area contributed by atoms with Crippen molar-refractivity contribution in [3.63, 3.8) is 0 Å². The number of hydrogen-bond donors (Lipinski definition) is 0. The van der Waals surface area contributed by atoms with Gasteiger partial charge in [0.1, 0.15) is 5.56 Å². The molecule has 20 heavy (non-hydrogen) atoms. The minimum atomic E-state index is -0.689. The molecule has 0 saturated carbocycles. The third-order valence-electron chi connectivity index (χ3n) is 2.96. The summed E-state index contributed by atoms with van der Waals surface area (Å²) < 4.78 is 5.98. The van der Waals surface area contributed by atoms with Gasteiger partial charge in [-0.1, -0.05) is 24.6 Å². The molecule has 2 heterocycles. The van der Waals surface area contributed by atoms with Crippen LogP contribution < -0.4 is 5.56 Å². The van der Waals surface area contributed by atoms with Gasteiger partial charge in [0.2, 0.25) is 0 Å². The summed E-state index contributed by atoms with van der Waals surface area (Å²) in [6, 6.07) is 1.32. The lowest BCUT2D eigenvalue weighted by Crippen LogP contribution is -2.28. The van der Waals surface area contributed by atoms with Crippen molar-refractivity contribution in [3.05, 3.63) is 44.9 Å². The van der Waals surface area contributed by atoms with Crippen LogP contribution in [0, 0.1) is 5.92 Å². The maximum absolute atomic E-state index is 12.2. The van der Waals surface area contributed by atoms with E-state index in [2.05, 4.69) is 22.7 Å². The highest BCUT2D eigenvalue weighted by Crippen LogP contribution is 2.12. The molecule has 106 valence electrons. The van der Waals surface area contributed by atoms with Crippen LogP contribution in [0.5, 0.6) is 0 Å². The first-order chi connectivity index (χ1) is 9.51. The average Bonchev–Trinajstić information content (AvgIpc) is 2.41. The van der Waals surface area contributed by atoms with Crippen LogP contribution in [0.3, 0.4) is 0 Å². The molecule has 0 aromatic carbocycles. The summed E-state index contributed by atoms with van der Waals surface area (Å²) in [6.45, 7) is 3.13. The summed E-state index contributed by atoms with van der Waals surface area (Å²) in [5.74, 6) is -0.351. The maximum Gasteiger partial charge on any atom is 0.343 e. The van der Waals surface area contributed by atoms with Crippen LogP contribution in [0.25, 0.3) is 0 Å². The van der Waals surface area contributed by atoms with Gasteiger partial charge < -0.3 is 9.30 Å². The van der Waals surface area contributed by atoms with Gasteiger partial charge in [0.05, 0.1) is 18.7 Å². The average molecular weight is 295 g/mol. The maximum atomic E-state index is 12.2. The monoisotopic (exact) mass is 294 g/mol. The number of ether oxygens (including phenoxy) is 1. The van der Waals surface area contributed by atoms with E-state index in [4.69, 9.17) is 11.6 Å². The largest absolute Gasteiger partial charge is 0.465 e. The number of rotatable bonds is 3. The molecular weight excluding hydrogens is 280 g/mol. The van der Waals surface area contributed by atoms with Gasteiger partial charge in [0, 0.05) is 19.0 Å². The molecule has 1 aromatic heterocycles. The lowest BCUT2D eigenvalue weighted by molar-refractivity contribution is 0.0598. The van der Waals surface area contributed by atoms with Crippen molar-refractivity contribution in [3.8, 4) is 0 Å². The molecule has 1 aromatic rings. The van der Waals surface area contributed by atoms with Crippen molar-refractivity contribution in [1.82, 2.24) is 4.57 Å². The number of dihydropyridines is 1. The quantitative estimate of drug-likeness (QED) is 0.800. The Hall–Kier alpha value is -1.88. The molecule has 1 atom stereocenters. The van der Waals surface area contributed by atoms with E-state index < -0.39 is 11.5 Å². The molecule has 0 bridgehead atoms. The first-order valence-corrected chi connectivity index (χ1v) is 6.58. The van der Waals surface area contributed by atoms with Gasteiger partial charge >= 0.3 is 5.97 Å². The molecule has 6 heteroatoms. The molecule has 0 radical (unpaired) electrons. The first kappa shape index (κ1) is 14.5. The number of allylic oxidation sites excluding steroid dienone is 1. The number of halogens is 1. The second-order valence-corrected chi connectivity index (χ2v) is 5.15. The van der Waals surface area contributed by atoms with E-state index in [9.17, 15) is 9.59 Å². The molecule has 1 unspecified atom stereocenters. The van der Waals surface area contributed by atoms with Crippen molar-refractivity contribution in [2.45, 2.75) is 13.5 Å². The SMILES string of the molecule is COC(=O)c1cc(Cl)cn(CC2=CC(C)CN=C2)c1=O. The zero-order valence-corrected chi connectivity index (χ0v) is 12.1.